The Morgan fingerprint density at radius 3 is 2.80 bits per heavy atom. The minimum Gasteiger partial charge on any atom is -0.493 e. The van der Waals surface area contributed by atoms with Crippen LogP contribution in [-0.4, -0.2) is 30.0 Å². The summed E-state index contributed by atoms with van der Waals surface area (Å²) in [5, 5.41) is 4.14. The van der Waals surface area contributed by atoms with E-state index in [9.17, 15) is 0 Å². The first-order valence-electron chi connectivity index (χ1n) is 6.71. The molecule has 1 aromatic heterocycles. The van der Waals surface area contributed by atoms with Gasteiger partial charge >= 0.3 is 0 Å². The number of methoxy groups -OCH3 is 1. The lowest BCUT2D eigenvalue weighted by molar-refractivity contribution is 0.294. The Morgan fingerprint density at radius 1 is 1.30 bits per heavy atom. The third kappa shape index (κ3) is 3.51. The van der Waals surface area contributed by atoms with Crippen LogP contribution in [0.2, 0.25) is 0 Å². The molecule has 0 spiro atoms. The van der Waals surface area contributed by atoms with Crippen molar-refractivity contribution in [3.8, 4) is 11.5 Å². The molecular formula is C15H21N3O2. The summed E-state index contributed by atoms with van der Waals surface area (Å²) in [4.78, 5) is 0. The number of para-hydroxylation sites is 1. The van der Waals surface area contributed by atoms with Crippen LogP contribution in [0.4, 0.5) is 0 Å². The molecule has 0 atom stereocenters. The van der Waals surface area contributed by atoms with Crippen LogP contribution < -0.4 is 15.2 Å². The lowest BCUT2D eigenvalue weighted by Crippen LogP contribution is -2.08. The van der Waals surface area contributed by atoms with Gasteiger partial charge in [0.25, 0.3) is 0 Å². The van der Waals surface area contributed by atoms with Crippen LogP contribution in [0, 0.1) is 0 Å². The van der Waals surface area contributed by atoms with Crippen molar-refractivity contribution >= 4 is 0 Å². The van der Waals surface area contributed by atoms with Gasteiger partial charge in [-0.25, -0.2) is 0 Å². The minimum atomic E-state index is 0.587. The van der Waals surface area contributed by atoms with Gasteiger partial charge in [0, 0.05) is 19.7 Å². The Labute approximate surface area is 119 Å². The average Bonchev–Trinajstić information content (AvgIpc) is 2.86. The predicted octanol–water partition coefficient (Wildman–Crippen LogP) is 1.55. The van der Waals surface area contributed by atoms with E-state index >= 15 is 0 Å². The molecule has 0 saturated heterocycles. The first-order valence-corrected chi connectivity index (χ1v) is 6.71. The second-order valence-corrected chi connectivity index (χ2v) is 4.61. The maximum Gasteiger partial charge on any atom is 0.164 e. The molecule has 0 radical (unpaired) electrons. The number of ether oxygens (including phenoxy) is 2. The average molecular weight is 275 g/mol. The van der Waals surface area contributed by atoms with Gasteiger partial charge in [0.15, 0.2) is 11.5 Å². The Hall–Kier alpha value is -2.01. The van der Waals surface area contributed by atoms with Gasteiger partial charge in [-0.3, -0.25) is 4.68 Å². The van der Waals surface area contributed by atoms with Crippen LogP contribution >= 0.6 is 0 Å². The van der Waals surface area contributed by atoms with Crippen LogP contribution in [0.15, 0.2) is 30.6 Å². The lowest BCUT2D eigenvalue weighted by atomic mass is 10.1. The van der Waals surface area contributed by atoms with E-state index in [1.807, 2.05) is 37.6 Å². The fourth-order valence-corrected chi connectivity index (χ4v) is 2.11. The molecule has 0 aliphatic rings. The normalized spacial score (nSPS) is 10.6. The van der Waals surface area contributed by atoms with E-state index in [1.165, 1.54) is 0 Å². The molecule has 1 heterocycles. The molecule has 0 aliphatic carbocycles. The standard InChI is InChI=1S/C15H21N3O2/c1-18-11-12(10-17-18)7-9-20-15-13(6-8-16)4-3-5-14(15)19-2/h3-5,10-11H,6-9,16H2,1-2H3. The molecular weight excluding hydrogens is 254 g/mol. The Morgan fingerprint density at radius 2 is 2.15 bits per heavy atom. The van der Waals surface area contributed by atoms with Gasteiger partial charge in [0.1, 0.15) is 0 Å². The molecule has 0 aliphatic heterocycles. The summed E-state index contributed by atoms with van der Waals surface area (Å²) in [5.74, 6) is 1.55. The molecule has 20 heavy (non-hydrogen) atoms. The zero-order chi connectivity index (χ0) is 14.4. The topological polar surface area (TPSA) is 62.3 Å². The molecule has 0 fully saturated rings. The maximum atomic E-state index is 5.91. The summed E-state index contributed by atoms with van der Waals surface area (Å²) < 4.78 is 13.1. The van der Waals surface area contributed by atoms with Gasteiger partial charge in [-0.05, 0) is 30.2 Å². The number of nitrogens with zero attached hydrogens (tertiary/aromatic N) is 2. The summed E-state index contributed by atoms with van der Waals surface area (Å²) in [5.41, 5.74) is 7.87. The van der Waals surface area contributed by atoms with Crippen molar-refractivity contribution in [2.75, 3.05) is 20.3 Å². The Kier molecular flexibility index (Phi) is 5.01. The number of aryl methyl sites for hydroxylation is 1. The molecule has 2 rings (SSSR count). The van der Waals surface area contributed by atoms with Crippen molar-refractivity contribution in [2.24, 2.45) is 12.8 Å². The SMILES string of the molecule is COc1cccc(CCN)c1OCCc1cnn(C)c1. The van der Waals surface area contributed by atoms with Gasteiger partial charge in [0.2, 0.25) is 0 Å². The lowest BCUT2D eigenvalue weighted by Gasteiger charge is -2.14. The van der Waals surface area contributed by atoms with E-state index < -0.39 is 0 Å². The van der Waals surface area contributed by atoms with E-state index in [0.29, 0.717) is 13.2 Å². The van der Waals surface area contributed by atoms with Gasteiger partial charge in [0.05, 0.1) is 19.9 Å². The first-order chi connectivity index (χ1) is 9.74. The van der Waals surface area contributed by atoms with Crippen molar-refractivity contribution in [3.63, 3.8) is 0 Å². The second-order valence-electron chi connectivity index (χ2n) is 4.61. The van der Waals surface area contributed by atoms with Crippen LogP contribution in [0.3, 0.4) is 0 Å². The molecule has 2 aromatic rings. The fourth-order valence-electron chi connectivity index (χ4n) is 2.11. The molecule has 0 unspecified atom stereocenters. The van der Waals surface area contributed by atoms with E-state index in [1.54, 1.807) is 11.8 Å². The van der Waals surface area contributed by atoms with Crippen molar-refractivity contribution in [1.82, 2.24) is 9.78 Å². The van der Waals surface area contributed by atoms with Gasteiger partial charge in [-0.2, -0.15) is 5.10 Å². The highest BCUT2D eigenvalue weighted by atomic mass is 16.5. The van der Waals surface area contributed by atoms with E-state index in [4.69, 9.17) is 15.2 Å². The van der Waals surface area contributed by atoms with Gasteiger partial charge in [-0.1, -0.05) is 12.1 Å². The van der Waals surface area contributed by atoms with E-state index in [0.717, 1.165) is 35.5 Å². The zero-order valence-corrected chi connectivity index (χ0v) is 12.0. The molecule has 0 amide bonds. The van der Waals surface area contributed by atoms with E-state index in [2.05, 4.69) is 5.10 Å². The number of nitrogens with two attached hydrogens (primary N) is 1. The third-order valence-corrected chi connectivity index (χ3v) is 3.09. The van der Waals surface area contributed by atoms with E-state index in [-0.39, 0.29) is 0 Å². The highest BCUT2D eigenvalue weighted by Gasteiger charge is 2.10. The highest BCUT2D eigenvalue weighted by molar-refractivity contribution is 5.46. The molecule has 1 aromatic carbocycles. The number of hydrogen-bond acceptors (Lipinski definition) is 4. The van der Waals surface area contributed by atoms with Gasteiger partial charge in [-0.15, -0.1) is 0 Å². The minimum absolute atomic E-state index is 0.587. The van der Waals surface area contributed by atoms with Crippen LogP contribution in [0.1, 0.15) is 11.1 Å². The Balaban J connectivity index is 2.03. The number of aromatic nitrogens is 2. The molecule has 0 bridgehead atoms. The highest BCUT2D eigenvalue weighted by Crippen LogP contribution is 2.31. The van der Waals surface area contributed by atoms with Crippen molar-refractivity contribution < 1.29 is 9.47 Å². The van der Waals surface area contributed by atoms with Crippen LogP contribution in [0.5, 0.6) is 11.5 Å². The number of hydrogen-bond donors (Lipinski definition) is 1. The largest absolute Gasteiger partial charge is 0.493 e. The molecule has 108 valence electrons. The number of rotatable bonds is 7. The summed E-state index contributed by atoms with van der Waals surface area (Å²) >= 11 is 0. The quantitative estimate of drug-likeness (QED) is 0.833. The molecule has 5 heteroatoms. The van der Waals surface area contributed by atoms with Crippen LogP contribution in [-0.2, 0) is 19.9 Å². The van der Waals surface area contributed by atoms with Crippen molar-refractivity contribution in [1.29, 1.82) is 0 Å². The fraction of sp³-hybridized carbons (Fsp3) is 0.400. The zero-order valence-electron chi connectivity index (χ0n) is 12.0. The maximum absolute atomic E-state index is 5.91. The number of benzene rings is 1. The predicted molar refractivity (Wildman–Crippen MR) is 78.2 cm³/mol. The molecule has 2 N–H and O–H groups in total. The Bertz CT molecular complexity index is 552. The second kappa shape index (κ2) is 6.96. The van der Waals surface area contributed by atoms with Crippen molar-refractivity contribution in [2.45, 2.75) is 12.8 Å². The summed E-state index contributed by atoms with van der Waals surface area (Å²) in [6.45, 7) is 1.18. The first kappa shape index (κ1) is 14.4. The third-order valence-electron chi connectivity index (χ3n) is 3.09. The summed E-state index contributed by atoms with van der Waals surface area (Å²) in [7, 11) is 3.56. The smallest absolute Gasteiger partial charge is 0.164 e. The van der Waals surface area contributed by atoms with Crippen LogP contribution in [0.25, 0.3) is 0 Å². The summed E-state index contributed by atoms with van der Waals surface area (Å²) in [6.07, 6.45) is 5.44. The monoisotopic (exact) mass is 275 g/mol. The molecule has 5 nitrogen and oxygen atoms in total. The summed E-state index contributed by atoms with van der Waals surface area (Å²) in [6, 6.07) is 5.88. The van der Waals surface area contributed by atoms with Gasteiger partial charge < -0.3 is 15.2 Å². The van der Waals surface area contributed by atoms with Crippen molar-refractivity contribution in [3.05, 3.63) is 41.7 Å². The molecule has 0 saturated carbocycles.